The first-order chi connectivity index (χ1) is 19.1. The average Bonchev–Trinajstić information content (AvgIpc) is 2.92. The molecule has 0 saturated carbocycles. The fourth-order valence-corrected chi connectivity index (χ4v) is 4.38. The van der Waals surface area contributed by atoms with Gasteiger partial charge in [-0.25, -0.2) is 9.97 Å². The van der Waals surface area contributed by atoms with Gasteiger partial charge in [0.2, 0.25) is 5.95 Å². The Bertz CT molecular complexity index is 1470. The van der Waals surface area contributed by atoms with Crippen molar-refractivity contribution in [2.24, 2.45) is 0 Å². The number of halogens is 3. The van der Waals surface area contributed by atoms with Gasteiger partial charge in [-0.2, -0.15) is 0 Å². The van der Waals surface area contributed by atoms with Gasteiger partial charge in [0.15, 0.2) is 0 Å². The normalized spacial score (nSPS) is 11.6. The van der Waals surface area contributed by atoms with Gasteiger partial charge in [-0.15, -0.1) is 13.2 Å². The van der Waals surface area contributed by atoms with Crippen LogP contribution in [0.15, 0.2) is 66.9 Å². The minimum Gasteiger partial charge on any atom is -0.406 e. The van der Waals surface area contributed by atoms with E-state index in [0.717, 1.165) is 66.3 Å². The quantitative estimate of drug-likeness (QED) is 0.198. The number of nitrogens with zero attached hydrogens (tertiary/aromatic N) is 3. The molecule has 0 radical (unpaired) electrons. The Morgan fingerprint density at radius 2 is 1.82 bits per heavy atom. The molecule has 3 aromatic carbocycles. The summed E-state index contributed by atoms with van der Waals surface area (Å²) in [7, 11) is 0. The summed E-state index contributed by atoms with van der Waals surface area (Å²) in [4.78, 5) is 24.4. The van der Waals surface area contributed by atoms with E-state index in [-0.39, 0.29) is 5.69 Å². The number of fused-ring (bicyclic) bond motifs is 1. The molecule has 0 spiro atoms. The summed E-state index contributed by atoms with van der Waals surface area (Å²) in [5.74, 6) is -0.281. The molecule has 0 unspecified atom stereocenters. The number of alkyl halides is 3. The predicted molar refractivity (Wildman–Crippen MR) is 152 cm³/mol. The summed E-state index contributed by atoms with van der Waals surface area (Å²) < 4.78 is 41.6. The fraction of sp³-hybridized carbons (Fsp3) is 0.300. The van der Waals surface area contributed by atoms with Gasteiger partial charge in [0.25, 0.3) is 5.91 Å². The van der Waals surface area contributed by atoms with Crippen LogP contribution < -0.4 is 15.4 Å². The number of rotatable bonds is 11. The van der Waals surface area contributed by atoms with Crippen LogP contribution in [0.5, 0.6) is 5.75 Å². The molecule has 7 nitrogen and oxygen atoms in total. The molecule has 4 rings (SSSR count). The lowest BCUT2D eigenvalue weighted by Gasteiger charge is -2.17. The molecule has 2 N–H and O–H groups in total. The summed E-state index contributed by atoms with van der Waals surface area (Å²) in [6, 6.07) is 16.3. The highest BCUT2D eigenvalue weighted by molar-refractivity contribution is 6.05. The van der Waals surface area contributed by atoms with Crippen LogP contribution in [-0.2, 0) is 0 Å². The van der Waals surface area contributed by atoms with Crippen LogP contribution in [-0.4, -0.2) is 53.3 Å². The zero-order valence-electron chi connectivity index (χ0n) is 22.7. The number of aromatic nitrogens is 2. The van der Waals surface area contributed by atoms with Crippen molar-refractivity contribution in [1.82, 2.24) is 14.9 Å². The van der Waals surface area contributed by atoms with E-state index in [1.807, 2.05) is 31.2 Å². The van der Waals surface area contributed by atoms with E-state index in [1.165, 1.54) is 18.2 Å². The van der Waals surface area contributed by atoms with E-state index in [2.05, 4.69) is 44.1 Å². The van der Waals surface area contributed by atoms with Crippen LogP contribution >= 0.6 is 0 Å². The molecule has 1 heterocycles. The number of aryl methyl sites for hydroxylation is 1. The van der Waals surface area contributed by atoms with Crippen molar-refractivity contribution in [3.8, 4) is 16.9 Å². The number of amides is 1. The number of ether oxygens (including phenoxy) is 1. The topological polar surface area (TPSA) is 79.4 Å². The largest absolute Gasteiger partial charge is 0.573 e. The van der Waals surface area contributed by atoms with Crippen molar-refractivity contribution in [3.05, 3.63) is 78.0 Å². The second kappa shape index (κ2) is 12.8. The number of carbonyl (C=O) groups excluding carboxylic acids is 1. The molecule has 210 valence electrons. The number of hydrogen-bond donors (Lipinski definition) is 2. The third kappa shape index (κ3) is 7.69. The van der Waals surface area contributed by atoms with Crippen LogP contribution in [0.2, 0.25) is 0 Å². The zero-order chi connectivity index (χ0) is 28.7. The minimum atomic E-state index is -4.82. The molecule has 0 fully saturated rings. The van der Waals surface area contributed by atoms with Gasteiger partial charge in [-0.3, -0.25) is 4.79 Å². The number of hydrogen-bond acceptors (Lipinski definition) is 6. The van der Waals surface area contributed by atoms with Crippen LogP contribution in [0.25, 0.3) is 22.0 Å². The molecule has 0 saturated heterocycles. The zero-order valence-corrected chi connectivity index (χ0v) is 22.7. The highest BCUT2D eigenvalue weighted by atomic mass is 19.4. The van der Waals surface area contributed by atoms with Gasteiger partial charge < -0.3 is 20.3 Å². The summed E-state index contributed by atoms with van der Waals surface area (Å²) in [5, 5.41) is 6.79. The first kappa shape index (κ1) is 28.8. The highest BCUT2D eigenvalue weighted by Gasteiger charge is 2.31. The third-order valence-corrected chi connectivity index (χ3v) is 6.54. The molecule has 10 heteroatoms. The van der Waals surface area contributed by atoms with Crippen molar-refractivity contribution in [2.45, 2.75) is 33.6 Å². The first-order valence-corrected chi connectivity index (χ1v) is 13.2. The molecule has 1 amide bonds. The Morgan fingerprint density at radius 3 is 2.58 bits per heavy atom. The van der Waals surface area contributed by atoms with E-state index < -0.39 is 18.0 Å². The Labute approximate surface area is 231 Å². The van der Waals surface area contributed by atoms with Crippen LogP contribution in [0.3, 0.4) is 0 Å². The van der Waals surface area contributed by atoms with Crippen LogP contribution in [0, 0.1) is 6.92 Å². The van der Waals surface area contributed by atoms with Crippen LogP contribution in [0.1, 0.15) is 36.2 Å². The molecular formula is C30H32F3N5O2. The number of benzene rings is 3. The van der Waals surface area contributed by atoms with Crippen molar-refractivity contribution in [3.63, 3.8) is 0 Å². The summed E-state index contributed by atoms with van der Waals surface area (Å²) in [6.07, 6.45) is -2.04. The summed E-state index contributed by atoms with van der Waals surface area (Å²) >= 11 is 0. The van der Waals surface area contributed by atoms with Gasteiger partial charge in [0.05, 0.1) is 5.52 Å². The van der Waals surface area contributed by atoms with Crippen LogP contribution in [0.4, 0.5) is 24.8 Å². The van der Waals surface area contributed by atoms with Crippen molar-refractivity contribution in [2.75, 3.05) is 36.8 Å². The molecule has 1 aromatic heterocycles. The van der Waals surface area contributed by atoms with E-state index in [4.69, 9.17) is 0 Å². The summed E-state index contributed by atoms with van der Waals surface area (Å²) in [6.45, 7) is 10.1. The lowest BCUT2D eigenvalue weighted by Crippen LogP contribution is -2.25. The Kier molecular flexibility index (Phi) is 9.21. The number of nitrogens with one attached hydrogen (secondary N) is 2. The molecule has 40 heavy (non-hydrogen) atoms. The fourth-order valence-electron chi connectivity index (χ4n) is 4.38. The standard InChI is InChI=1S/C30H32F3N5O2/c1-4-38(5-2)15-7-14-34-29-35-19-23-16-21(12-13-27(23)37-29)26-17-22(11-10-20(26)3)28(39)36-24-8-6-9-25(18-24)40-30(31,32)33/h6,8-13,16-19H,4-5,7,14-15H2,1-3H3,(H,36,39)(H,34,35,37). The molecule has 0 bridgehead atoms. The molecular weight excluding hydrogens is 519 g/mol. The second-order valence-electron chi connectivity index (χ2n) is 9.33. The van der Waals surface area contributed by atoms with Gasteiger partial charge in [-0.05, 0) is 86.1 Å². The molecule has 0 aliphatic rings. The molecule has 0 aliphatic heterocycles. The predicted octanol–water partition coefficient (Wildman–Crippen LogP) is 6.90. The van der Waals surface area contributed by atoms with E-state index in [0.29, 0.717) is 11.5 Å². The van der Waals surface area contributed by atoms with E-state index in [9.17, 15) is 18.0 Å². The van der Waals surface area contributed by atoms with Gasteiger partial charge >= 0.3 is 6.36 Å². The van der Waals surface area contributed by atoms with Gasteiger partial charge in [0.1, 0.15) is 5.75 Å². The minimum absolute atomic E-state index is 0.189. The van der Waals surface area contributed by atoms with E-state index >= 15 is 0 Å². The first-order valence-electron chi connectivity index (χ1n) is 13.2. The maximum atomic E-state index is 12.9. The monoisotopic (exact) mass is 551 g/mol. The summed E-state index contributed by atoms with van der Waals surface area (Å²) in [5.41, 5.74) is 4.06. The highest BCUT2D eigenvalue weighted by Crippen LogP contribution is 2.29. The van der Waals surface area contributed by atoms with Crippen molar-refractivity contribution < 1.29 is 22.7 Å². The molecule has 0 atom stereocenters. The lowest BCUT2D eigenvalue weighted by molar-refractivity contribution is -0.274. The second-order valence-corrected chi connectivity index (χ2v) is 9.33. The Morgan fingerprint density at radius 1 is 1.02 bits per heavy atom. The Balaban J connectivity index is 1.47. The number of carbonyl (C=O) groups is 1. The number of anilines is 2. The SMILES string of the molecule is CCN(CC)CCCNc1ncc2cc(-c3cc(C(=O)Nc4cccc(OC(F)(F)F)c4)ccc3C)ccc2n1. The molecule has 4 aromatic rings. The maximum Gasteiger partial charge on any atom is 0.573 e. The molecule has 0 aliphatic carbocycles. The van der Waals surface area contributed by atoms with E-state index in [1.54, 1.807) is 18.3 Å². The van der Waals surface area contributed by atoms with Gasteiger partial charge in [-0.1, -0.05) is 32.0 Å². The van der Waals surface area contributed by atoms with Crippen molar-refractivity contribution in [1.29, 1.82) is 0 Å². The maximum absolute atomic E-state index is 12.9. The Hall–Kier alpha value is -4.18. The smallest absolute Gasteiger partial charge is 0.406 e. The van der Waals surface area contributed by atoms with Crippen molar-refractivity contribution >= 4 is 28.4 Å². The average molecular weight is 552 g/mol. The lowest BCUT2D eigenvalue weighted by atomic mass is 9.97. The third-order valence-electron chi connectivity index (χ3n) is 6.54. The van der Waals surface area contributed by atoms with Gasteiger partial charge in [0, 0.05) is 35.4 Å².